The first kappa shape index (κ1) is 26.4. The zero-order valence-electron chi connectivity index (χ0n) is 20.7. The Labute approximate surface area is 220 Å². The van der Waals surface area contributed by atoms with E-state index in [1.54, 1.807) is 24.6 Å². The highest BCUT2D eigenvalue weighted by atomic mass is 32.1. The molecule has 9 heteroatoms. The van der Waals surface area contributed by atoms with Gasteiger partial charge in [-0.05, 0) is 47.5 Å². The van der Waals surface area contributed by atoms with Crippen molar-refractivity contribution in [3.63, 3.8) is 0 Å². The summed E-state index contributed by atoms with van der Waals surface area (Å²) in [6.07, 6.45) is 1.82. The molecule has 1 fully saturated rings. The molecule has 2 N–H and O–H groups in total. The molecule has 2 unspecified atom stereocenters. The molecule has 2 heterocycles. The number of carbonyl (C=O) groups is 3. The lowest BCUT2D eigenvalue weighted by atomic mass is 10.0. The van der Waals surface area contributed by atoms with Crippen LogP contribution < -0.4 is 15.4 Å². The SMILES string of the molecule is COc1ccc(CN(C(=O)CNC(=O)c2cccs2)C(C(=O)NCC2CCCO2)c2ccccc2)cc1. The molecule has 2 atom stereocenters. The lowest BCUT2D eigenvalue weighted by molar-refractivity contribution is -0.141. The summed E-state index contributed by atoms with van der Waals surface area (Å²) in [7, 11) is 1.59. The molecule has 1 saturated heterocycles. The molecule has 0 radical (unpaired) electrons. The summed E-state index contributed by atoms with van der Waals surface area (Å²) in [5, 5.41) is 7.49. The van der Waals surface area contributed by atoms with E-state index in [0.29, 0.717) is 29.3 Å². The van der Waals surface area contributed by atoms with Gasteiger partial charge in [-0.2, -0.15) is 0 Å². The first-order valence-electron chi connectivity index (χ1n) is 12.2. The maximum absolute atomic E-state index is 13.6. The van der Waals surface area contributed by atoms with Gasteiger partial charge in [0.25, 0.3) is 5.91 Å². The van der Waals surface area contributed by atoms with Gasteiger partial charge in [0.05, 0.1) is 24.6 Å². The molecule has 4 rings (SSSR count). The van der Waals surface area contributed by atoms with Crippen molar-refractivity contribution in [3.05, 3.63) is 88.1 Å². The number of carbonyl (C=O) groups excluding carboxylic acids is 3. The minimum atomic E-state index is -0.893. The van der Waals surface area contributed by atoms with E-state index < -0.39 is 6.04 Å². The largest absolute Gasteiger partial charge is 0.497 e. The standard InChI is InChI=1S/C28H31N3O5S/c1-35-22-13-11-20(12-14-22)19-31(25(32)18-30-27(33)24-10-6-16-37-24)26(21-7-3-2-4-8-21)28(34)29-17-23-9-5-15-36-23/h2-4,6-8,10-14,16,23,26H,5,9,15,17-19H2,1H3,(H,29,34)(H,30,33). The van der Waals surface area contributed by atoms with Crippen LogP contribution in [0.4, 0.5) is 0 Å². The van der Waals surface area contributed by atoms with E-state index in [1.165, 1.54) is 16.2 Å². The van der Waals surface area contributed by atoms with E-state index in [-0.39, 0.29) is 36.9 Å². The van der Waals surface area contributed by atoms with Crippen LogP contribution in [0.1, 0.15) is 39.7 Å². The van der Waals surface area contributed by atoms with Crippen molar-refractivity contribution < 1.29 is 23.9 Å². The molecule has 0 spiro atoms. The second-order valence-corrected chi connectivity index (χ2v) is 9.67. The van der Waals surface area contributed by atoms with Crippen LogP contribution in [0.2, 0.25) is 0 Å². The molecule has 3 amide bonds. The van der Waals surface area contributed by atoms with Crippen LogP contribution in [-0.4, -0.2) is 55.5 Å². The predicted molar refractivity (Wildman–Crippen MR) is 141 cm³/mol. The summed E-state index contributed by atoms with van der Waals surface area (Å²) in [5.74, 6) is -0.305. The normalized spacial score (nSPS) is 15.5. The number of nitrogens with one attached hydrogen (secondary N) is 2. The molecular weight excluding hydrogens is 490 g/mol. The average Bonchev–Trinajstić information content (AvgIpc) is 3.66. The van der Waals surface area contributed by atoms with Gasteiger partial charge in [0.1, 0.15) is 11.8 Å². The molecule has 1 aromatic heterocycles. The summed E-state index contributed by atoms with van der Waals surface area (Å²) in [4.78, 5) is 41.7. The second kappa shape index (κ2) is 13.0. The molecule has 1 aliphatic rings. The maximum atomic E-state index is 13.6. The van der Waals surface area contributed by atoms with E-state index in [1.807, 2.05) is 54.6 Å². The Hall–Kier alpha value is -3.69. The first-order valence-corrected chi connectivity index (χ1v) is 13.1. The van der Waals surface area contributed by atoms with Crippen molar-refractivity contribution in [2.45, 2.75) is 31.5 Å². The number of thiophene rings is 1. The fourth-order valence-electron chi connectivity index (χ4n) is 4.23. The summed E-state index contributed by atoms with van der Waals surface area (Å²) in [6.45, 7) is 0.996. The smallest absolute Gasteiger partial charge is 0.261 e. The summed E-state index contributed by atoms with van der Waals surface area (Å²) in [6, 6.07) is 19.1. The van der Waals surface area contributed by atoms with Gasteiger partial charge in [0, 0.05) is 19.7 Å². The Bertz CT molecular complexity index is 1160. The number of amides is 3. The zero-order valence-corrected chi connectivity index (χ0v) is 21.5. The highest BCUT2D eigenvalue weighted by molar-refractivity contribution is 7.12. The number of benzene rings is 2. The van der Waals surface area contributed by atoms with Crippen molar-refractivity contribution in [3.8, 4) is 5.75 Å². The Morgan fingerprint density at radius 1 is 1.05 bits per heavy atom. The van der Waals surface area contributed by atoms with Crippen LogP contribution in [0, 0.1) is 0 Å². The topological polar surface area (TPSA) is 97.0 Å². The van der Waals surface area contributed by atoms with Gasteiger partial charge in [-0.25, -0.2) is 0 Å². The van der Waals surface area contributed by atoms with Gasteiger partial charge in [-0.1, -0.05) is 48.5 Å². The predicted octanol–water partition coefficient (Wildman–Crippen LogP) is 3.55. The molecule has 2 aromatic carbocycles. The van der Waals surface area contributed by atoms with Crippen LogP contribution in [0.15, 0.2) is 72.1 Å². The molecule has 37 heavy (non-hydrogen) atoms. The van der Waals surface area contributed by atoms with Crippen molar-refractivity contribution in [2.75, 3.05) is 26.8 Å². The number of hydrogen-bond donors (Lipinski definition) is 2. The average molecular weight is 522 g/mol. The van der Waals surface area contributed by atoms with Crippen LogP contribution >= 0.6 is 11.3 Å². The lowest BCUT2D eigenvalue weighted by Crippen LogP contribution is -2.47. The molecular formula is C28H31N3O5S. The van der Waals surface area contributed by atoms with Gasteiger partial charge in [-0.15, -0.1) is 11.3 Å². The summed E-state index contributed by atoms with van der Waals surface area (Å²) in [5.41, 5.74) is 1.50. The summed E-state index contributed by atoms with van der Waals surface area (Å²) < 4.78 is 10.9. The van der Waals surface area contributed by atoms with E-state index in [4.69, 9.17) is 9.47 Å². The Kier molecular flexibility index (Phi) is 9.29. The van der Waals surface area contributed by atoms with Crippen LogP contribution in [0.25, 0.3) is 0 Å². The van der Waals surface area contributed by atoms with Crippen LogP contribution in [0.5, 0.6) is 5.75 Å². The number of rotatable bonds is 11. The maximum Gasteiger partial charge on any atom is 0.261 e. The lowest BCUT2D eigenvalue weighted by Gasteiger charge is -2.32. The van der Waals surface area contributed by atoms with Gasteiger partial charge >= 0.3 is 0 Å². The second-order valence-electron chi connectivity index (χ2n) is 8.72. The van der Waals surface area contributed by atoms with Crippen LogP contribution in [-0.2, 0) is 20.9 Å². The zero-order chi connectivity index (χ0) is 26.0. The quantitative estimate of drug-likeness (QED) is 0.402. The monoisotopic (exact) mass is 521 g/mol. The Morgan fingerprint density at radius 2 is 1.84 bits per heavy atom. The van der Waals surface area contributed by atoms with Crippen molar-refractivity contribution in [1.29, 1.82) is 0 Å². The Balaban J connectivity index is 1.59. The number of ether oxygens (including phenoxy) is 2. The first-order chi connectivity index (χ1) is 18.0. The fraction of sp³-hybridized carbons (Fsp3) is 0.321. The van der Waals surface area contributed by atoms with Crippen molar-refractivity contribution in [2.24, 2.45) is 0 Å². The van der Waals surface area contributed by atoms with Gasteiger partial charge in [-0.3, -0.25) is 14.4 Å². The van der Waals surface area contributed by atoms with Gasteiger partial charge < -0.3 is 25.0 Å². The third-order valence-corrected chi connectivity index (χ3v) is 7.05. The summed E-state index contributed by atoms with van der Waals surface area (Å²) >= 11 is 1.30. The van der Waals surface area contributed by atoms with E-state index in [0.717, 1.165) is 18.4 Å². The minimum absolute atomic E-state index is 0.0313. The number of nitrogens with zero attached hydrogens (tertiary/aromatic N) is 1. The highest BCUT2D eigenvalue weighted by Gasteiger charge is 2.32. The third kappa shape index (κ3) is 7.18. The third-order valence-electron chi connectivity index (χ3n) is 6.18. The molecule has 0 saturated carbocycles. The molecule has 0 aliphatic carbocycles. The minimum Gasteiger partial charge on any atom is -0.497 e. The molecule has 3 aromatic rings. The molecule has 8 nitrogen and oxygen atoms in total. The van der Waals surface area contributed by atoms with Crippen molar-refractivity contribution in [1.82, 2.24) is 15.5 Å². The number of methoxy groups -OCH3 is 1. The van der Waals surface area contributed by atoms with E-state index in [2.05, 4.69) is 10.6 Å². The van der Waals surface area contributed by atoms with E-state index in [9.17, 15) is 14.4 Å². The highest BCUT2D eigenvalue weighted by Crippen LogP contribution is 2.25. The molecule has 1 aliphatic heterocycles. The Morgan fingerprint density at radius 3 is 2.49 bits per heavy atom. The molecule has 194 valence electrons. The van der Waals surface area contributed by atoms with Crippen LogP contribution in [0.3, 0.4) is 0 Å². The fourth-order valence-corrected chi connectivity index (χ4v) is 4.87. The van der Waals surface area contributed by atoms with Crippen molar-refractivity contribution >= 4 is 29.1 Å². The van der Waals surface area contributed by atoms with E-state index >= 15 is 0 Å². The van der Waals surface area contributed by atoms with Gasteiger partial charge in [0.15, 0.2) is 0 Å². The number of hydrogen-bond acceptors (Lipinski definition) is 6. The molecule has 0 bridgehead atoms. The van der Waals surface area contributed by atoms with Gasteiger partial charge in [0.2, 0.25) is 11.8 Å².